The van der Waals surface area contributed by atoms with Crippen LogP contribution in [-0.2, 0) is 12.0 Å². The summed E-state index contributed by atoms with van der Waals surface area (Å²) in [5.41, 5.74) is 3.88. The lowest BCUT2D eigenvalue weighted by molar-refractivity contribution is -0.0225. The zero-order chi connectivity index (χ0) is 28.5. The molecular formula is C33H39ClN6O. The fourth-order valence-electron chi connectivity index (χ4n) is 6.76. The van der Waals surface area contributed by atoms with E-state index >= 15 is 0 Å². The average molecular weight is 571 g/mol. The van der Waals surface area contributed by atoms with Crippen LogP contribution in [0.5, 0.6) is 5.75 Å². The van der Waals surface area contributed by atoms with Gasteiger partial charge >= 0.3 is 0 Å². The number of nitrogens with zero attached hydrogens (tertiary/aromatic N) is 5. The predicted octanol–water partition coefficient (Wildman–Crippen LogP) is 6.24. The van der Waals surface area contributed by atoms with Crippen molar-refractivity contribution in [2.75, 3.05) is 44.2 Å². The number of benzene rings is 2. The highest BCUT2D eigenvalue weighted by molar-refractivity contribution is 6.31. The van der Waals surface area contributed by atoms with Gasteiger partial charge in [0.2, 0.25) is 5.95 Å². The topological polar surface area (TPSA) is 57.9 Å². The zero-order valence-electron chi connectivity index (χ0n) is 24.1. The van der Waals surface area contributed by atoms with Crippen LogP contribution in [0.4, 0.5) is 11.6 Å². The highest BCUT2D eigenvalue weighted by Gasteiger charge is 2.47. The molecule has 214 valence electrons. The molecule has 0 unspecified atom stereocenters. The van der Waals surface area contributed by atoms with E-state index in [9.17, 15) is 0 Å². The lowest BCUT2D eigenvalue weighted by Gasteiger charge is -2.55. The molecule has 1 N–H and O–H groups in total. The summed E-state index contributed by atoms with van der Waals surface area (Å²) < 4.78 is 6.11. The summed E-state index contributed by atoms with van der Waals surface area (Å²) >= 11 is 6.28. The third-order valence-corrected chi connectivity index (χ3v) is 9.73. The minimum Gasteiger partial charge on any atom is -0.487 e. The van der Waals surface area contributed by atoms with Gasteiger partial charge in [-0.1, -0.05) is 43.6 Å². The number of piperazine rings is 1. The van der Waals surface area contributed by atoms with Gasteiger partial charge in [-0.15, -0.1) is 0 Å². The van der Waals surface area contributed by atoms with Gasteiger partial charge in [-0.25, -0.2) is 14.8 Å². The monoisotopic (exact) mass is 570 g/mol. The average Bonchev–Trinajstić information content (AvgIpc) is 2.99. The normalized spacial score (nSPS) is 19.5. The van der Waals surface area contributed by atoms with E-state index in [-0.39, 0.29) is 5.41 Å². The van der Waals surface area contributed by atoms with Crippen molar-refractivity contribution in [2.24, 2.45) is 5.41 Å². The summed E-state index contributed by atoms with van der Waals surface area (Å²) in [6, 6.07) is 16.4. The molecule has 2 aromatic carbocycles. The van der Waals surface area contributed by atoms with E-state index in [4.69, 9.17) is 27.9 Å². The van der Waals surface area contributed by atoms with Crippen LogP contribution in [0.15, 0.2) is 54.7 Å². The Bertz CT molecular complexity index is 1400. The molecule has 0 bridgehead atoms. The molecular weight excluding hydrogens is 532 g/mol. The second-order valence-corrected chi connectivity index (χ2v) is 12.9. The van der Waals surface area contributed by atoms with E-state index in [1.165, 1.54) is 38.8 Å². The lowest BCUT2D eigenvalue weighted by atomic mass is 9.60. The van der Waals surface area contributed by atoms with Crippen molar-refractivity contribution in [3.05, 3.63) is 88.0 Å². The van der Waals surface area contributed by atoms with E-state index in [2.05, 4.69) is 50.9 Å². The first kappa shape index (κ1) is 28.0. The van der Waals surface area contributed by atoms with Gasteiger partial charge in [0.05, 0.1) is 12.3 Å². The molecule has 1 aromatic heterocycles. The molecule has 3 aromatic rings. The lowest BCUT2D eigenvalue weighted by Crippen LogP contribution is -2.59. The number of ether oxygens (including phenoxy) is 1. The van der Waals surface area contributed by atoms with E-state index in [1.807, 2.05) is 36.5 Å². The Labute approximate surface area is 248 Å². The number of nitrogens with one attached hydrogen (secondary N) is 1. The quantitative estimate of drug-likeness (QED) is 0.339. The Balaban J connectivity index is 1.02. The molecule has 41 heavy (non-hydrogen) atoms. The van der Waals surface area contributed by atoms with Crippen molar-refractivity contribution in [3.8, 4) is 5.75 Å². The highest BCUT2D eigenvalue weighted by atomic mass is 35.5. The maximum absolute atomic E-state index is 7.36. The summed E-state index contributed by atoms with van der Waals surface area (Å²) in [4.78, 5) is 18.0. The maximum atomic E-state index is 7.36. The molecule has 3 heterocycles. The van der Waals surface area contributed by atoms with Gasteiger partial charge in [-0.05, 0) is 85.6 Å². The molecule has 0 atom stereocenters. The molecule has 3 aliphatic rings. The molecule has 2 aliphatic heterocycles. The Hall–Kier alpha value is -3.18. The third-order valence-electron chi connectivity index (χ3n) is 9.51. The fraction of sp³-hybridized carbons (Fsp3) is 0.485. The van der Waals surface area contributed by atoms with Gasteiger partial charge < -0.3 is 15.0 Å². The minimum absolute atomic E-state index is 0.304. The second kappa shape index (κ2) is 11.6. The molecule has 1 spiro atoms. The second-order valence-electron chi connectivity index (χ2n) is 12.4. The van der Waals surface area contributed by atoms with Crippen molar-refractivity contribution in [3.63, 3.8) is 0 Å². The third kappa shape index (κ3) is 6.06. The van der Waals surface area contributed by atoms with Crippen molar-refractivity contribution >= 4 is 23.2 Å². The SMILES string of the molecule is [C-]#[N+]c1cc(Cl)cc(C(C)(C)c2ccc(OCc3ccnc(N4CCN(C5CC6(CCNCC6)C5)CC4)n3)cc2)c1. The van der Waals surface area contributed by atoms with Gasteiger partial charge in [0.25, 0.3) is 0 Å². The standard InChI is InChI=1S/C33H39ClN6O/c1-32(2,25-18-26(34)20-28(19-25)35-3)24-4-6-30(7-5-24)41-23-27-8-11-37-31(38-27)40-16-14-39(15-17-40)29-21-33(22-29)9-12-36-13-10-33/h4-8,11,18-20,29,36H,9-10,12-17,21-23H2,1-2H3. The summed E-state index contributed by atoms with van der Waals surface area (Å²) in [5.74, 6) is 1.59. The van der Waals surface area contributed by atoms with Gasteiger partial charge in [-0.3, -0.25) is 4.90 Å². The molecule has 8 heteroatoms. The number of halogens is 1. The molecule has 1 saturated carbocycles. The van der Waals surface area contributed by atoms with Crippen molar-refractivity contribution < 1.29 is 4.74 Å². The van der Waals surface area contributed by atoms with E-state index in [1.54, 1.807) is 6.07 Å². The van der Waals surface area contributed by atoms with Gasteiger partial charge in [0.1, 0.15) is 12.4 Å². The summed E-state index contributed by atoms with van der Waals surface area (Å²) in [6.07, 6.45) is 7.29. The Morgan fingerprint density at radius 3 is 2.46 bits per heavy atom. The Morgan fingerprint density at radius 2 is 1.76 bits per heavy atom. The van der Waals surface area contributed by atoms with Crippen molar-refractivity contribution in [2.45, 2.75) is 57.6 Å². The van der Waals surface area contributed by atoms with E-state index < -0.39 is 0 Å². The Kier molecular flexibility index (Phi) is 7.91. The zero-order valence-corrected chi connectivity index (χ0v) is 24.8. The first-order valence-corrected chi connectivity index (χ1v) is 15.1. The summed E-state index contributed by atoms with van der Waals surface area (Å²) in [7, 11) is 0. The van der Waals surface area contributed by atoms with Crippen LogP contribution >= 0.6 is 11.6 Å². The van der Waals surface area contributed by atoms with Crippen LogP contribution in [0, 0.1) is 12.0 Å². The number of aromatic nitrogens is 2. The smallest absolute Gasteiger partial charge is 0.225 e. The fourth-order valence-corrected chi connectivity index (χ4v) is 6.99. The molecule has 6 rings (SSSR count). The molecule has 3 fully saturated rings. The first-order valence-electron chi connectivity index (χ1n) is 14.8. The molecule has 1 aliphatic carbocycles. The van der Waals surface area contributed by atoms with Gasteiger partial charge in [0, 0.05) is 48.9 Å². The summed E-state index contributed by atoms with van der Waals surface area (Å²) in [6.45, 7) is 18.5. The van der Waals surface area contributed by atoms with Crippen molar-refractivity contribution in [1.82, 2.24) is 20.2 Å². The molecule has 7 nitrogen and oxygen atoms in total. The first-order chi connectivity index (χ1) is 19.8. The van der Waals surface area contributed by atoms with Crippen LogP contribution in [0.1, 0.15) is 56.4 Å². The van der Waals surface area contributed by atoms with Crippen LogP contribution < -0.4 is 15.0 Å². The number of anilines is 1. The molecule has 0 amide bonds. The number of hydrogen-bond acceptors (Lipinski definition) is 6. The van der Waals surface area contributed by atoms with Crippen LogP contribution in [0.25, 0.3) is 4.85 Å². The predicted molar refractivity (Wildman–Crippen MR) is 164 cm³/mol. The highest BCUT2D eigenvalue weighted by Crippen LogP contribution is 2.50. The van der Waals surface area contributed by atoms with Crippen LogP contribution in [-0.4, -0.2) is 60.2 Å². The number of hydrogen-bond donors (Lipinski definition) is 1. The van der Waals surface area contributed by atoms with E-state index in [0.717, 1.165) is 60.7 Å². The summed E-state index contributed by atoms with van der Waals surface area (Å²) in [5, 5.41) is 4.09. The van der Waals surface area contributed by atoms with Crippen LogP contribution in [0.3, 0.4) is 0 Å². The number of piperidine rings is 1. The molecule has 2 saturated heterocycles. The van der Waals surface area contributed by atoms with Gasteiger partial charge in [0.15, 0.2) is 5.69 Å². The molecule has 0 radical (unpaired) electrons. The van der Waals surface area contributed by atoms with E-state index in [0.29, 0.717) is 22.7 Å². The van der Waals surface area contributed by atoms with Crippen molar-refractivity contribution in [1.29, 1.82) is 0 Å². The number of rotatable bonds is 7. The largest absolute Gasteiger partial charge is 0.487 e. The Morgan fingerprint density at radius 1 is 1.02 bits per heavy atom. The minimum atomic E-state index is -0.304. The van der Waals surface area contributed by atoms with Crippen LogP contribution in [0.2, 0.25) is 5.02 Å². The maximum Gasteiger partial charge on any atom is 0.225 e. The van der Waals surface area contributed by atoms with Gasteiger partial charge in [-0.2, -0.15) is 0 Å².